The average molecular weight is 966 g/mol. The van der Waals surface area contributed by atoms with E-state index in [2.05, 4.69) is 52.9 Å². The van der Waals surface area contributed by atoms with E-state index >= 15 is 0 Å². The second-order valence-corrected chi connectivity index (χ2v) is 19.0. The van der Waals surface area contributed by atoms with Crippen molar-refractivity contribution in [1.29, 1.82) is 10.7 Å². The molecule has 10 nitrogen and oxygen atoms in total. The summed E-state index contributed by atoms with van der Waals surface area (Å²) in [7, 11) is 0. The molecule has 2 amide bonds. The van der Waals surface area contributed by atoms with Gasteiger partial charge in [0.25, 0.3) is 0 Å². The van der Waals surface area contributed by atoms with Crippen LogP contribution in [-0.2, 0) is 29.0 Å². The van der Waals surface area contributed by atoms with Crippen molar-refractivity contribution in [3.8, 4) is 17.6 Å². The summed E-state index contributed by atoms with van der Waals surface area (Å²) in [5.74, 6) is -0.110. The third-order valence-electron chi connectivity index (χ3n) is 13.7. The van der Waals surface area contributed by atoms with Crippen LogP contribution in [0.4, 0.5) is 11.4 Å². The minimum Gasteiger partial charge on any atom is -0.508 e. The predicted octanol–water partition coefficient (Wildman–Crippen LogP) is 11.2. The van der Waals surface area contributed by atoms with E-state index in [0.717, 1.165) is 84.0 Å². The number of phenolic OH excluding ortho intramolecular Hbond substituents is 1. The lowest BCUT2D eigenvalue weighted by Gasteiger charge is -2.39. The average Bonchev–Trinajstić information content (AvgIpc) is 3.34. The van der Waals surface area contributed by atoms with Gasteiger partial charge < -0.3 is 25.4 Å². The number of para-hydroxylation sites is 2. The Morgan fingerprint density at radius 3 is 1.90 bits per heavy atom. The highest BCUT2D eigenvalue weighted by molar-refractivity contribution is 9.09. The lowest BCUT2D eigenvalue weighted by atomic mass is 9.85. The topological polar surface area (TPSA) is 147 Å². The normalized spacial score (nSPS) is 19.1. The number of fused-ring (bicyclic) bond motifs is 2. The number of nitrogen functional groups attached to an aromatic ring is 1. The molecule has 11 heteroatoms. The van der Waals surface area contributed by atoms with Crippen molar-refractivity contribution < 1.29 is 19.4 Å². The molecule has 0 spiro atoms. The SMILES string of the molecule is C[C@@H]1CCC[C@H](C)N1CCCCCN1C(=O)C(c2cc(C(=N)N)ccc2O)Cc2ccccc21.N#Cc1ccc(OCc2ccccc2)c(C2Cc3ccccc3N(CCCCCBr)C2=O)c1. The van der Waals surface area contributed by atoms with Crippen LogP contribution >= 0.6 is 15.9 Å². The highest BCUT2D eigenvalue weighted by Gasteiger charge is 2.37. The van der Waals surface area contributed by atoms with Gasteiger partial charge in [-0.2, -0.15) is 5.26 Å². The summed E-state index contributed by atoms with van der Waals surface area (Å²) < 4.78 is 6.18. The molecule has 3 aliphatic rings. The van der Waals surface area contributed by atoms with E-state index < -0.39 is 5.92 Å². The van der Waals surface area contributed by atoms with E-state index in [1.807, 2.05) is 88.7 Å². The second-order valence-electron chi connectivity index (χ2n) is 18.3. The number of likely N-dealkylation sites (tertiary alicyclic amines) is 1. The fourth-order valence-corrected chi connectivity index (χ4v) is 10.4. The number of alkyl halides is 1. The first-order valence-electron chi connectivity index (χ1n) is 24.1. The van der Waals surface area contributed by atoms with Gasteiger partial charge in [-0.15, -0.1) is 0 Å². The molecule has 3 aliphatic heterocycles. The minimum absolute atomic E-state index is 0.00739. The largest absolute Gasteiger partial charge is 0.508 e. The smallest absolute Gasteiger partial charge is 0.235 e. The number of hydrogen-bond acceptors (Lipinski definition) is 7. The second kappa shape index (κ2) is 23.7. The standard InChI is InChI=1S/C28H27BrN2O2.C28H38N4O2/c29-15-7-2-8-16-31-26-12-6-5-11-23(26)18-25(28(31)32)24-17-22(19-30)13-14-27(24)33-20-21-9-3-1-4-10-21;1-19-9-8-10-20(2)31(19)15-6-3-7-16-32-25-12-5-4-11-21(25)17-24(28(32)34)23-18-22(27(29)30)13-14-26(23)33/h1,3-6,9-14,17,25H,2,7-8,15-16,18,20H2;4-5,11-14,18-20,24,33H,3,6-10,15-17H2,1-2H3,(H3,29,30)/t;19-,20+,24?. The van der Waals surface area contributed by atoms with Crippen LogP contribution in [0.3, 0.4) is 0 Å². The lowest BCUT2D eigenvalue weighted by Crippen LogP contribution is -2.44. The maximum Gasteiger partial charge on any atom is 0.235 e. The summed E-state index contributed by atoms with van der Waals surface area (Å²) in [5, 5.41) is 28.8. The molecule has 350 valence electrons. The molecule has 0 aliphatic carbocycles. The number of unbranched alkanes of at least 4 members (excludes halogenated alkanes) is 4. The van der Waals surface area contributed by atoms with Crippen LogP contribution in [0.5, 0.6) is 11.5 Å². The number of piperidine rings is 1. The van der Waals surface area contributed by atoms with Gasteiger partial charge in [0.1, 0.15) is 23.9 Å². The van der Waals surface area contributed by atoms with Crippen LogP contribution in [-0.4, -0.2) is 64.7 Å². The third kappa shape index (κ3) is 12.1. The molecule has 2 unspecified atom stereocenters. The molecule has 4 N–H and O–H groups in total. The molecule has 67 heavy (non-hydrogen) atoms. The number of nitrogens with two attached hydrogens (primary N) is 1. The molecule has 4 atom stereocenters. The number of amides is 2. The van der Waals surface area contributed by atoms with E-state index in [-0.39, 0.29) is 29.3 Å². The minimum atomic E-state index is -0.482. The highest BCUT2D eigenvalue weighted by atomic mass is 79.9. The van der Waals surface area contributed by atoms with Crippen molar-refractivity contribution >= 4 is 45.0 Å². The molecule has 1 fully saturated rings. The number of benzene rings is 5. The zero-order valence-corrected chi connectivity index (χ0v) is 40.6. The fourth-order valence-electron chi connectivity index (χ4n) is 10.0. The van der Waals surface area contributed by atoms with Gasteiger partial charge in [-0.1, -0.05) is 102 Å². The zero-order valence-electron chi connectivity index (χ0n) is 39.0. The number of nitrogens with one attached hydrogen (secondary N) is 1. The first-order valence-corrected chi connectivity index (χ1v) is 25.2. The van der Waals surface area contributed by atoms with Crippen molar-refractivity contribution in [2.24, 2.45) is 5.73 Å². The summed E-state index contributed by atoms with van der Waals surface area (Å²) in [6.07, 6.45) is 11.3. The molecule has 0 radical (unpaired) electrons. The molecule has 3 heterocycles. The predicted molar refractivity (Wildman–Crippen MR) is 273 cm³/mol. The number of anilines is 2. The number of halogens is 1. The van der Waals surface area contributed by atoms with Crippen LogP contribution in [0, 0.1) is 16.7 Å². The Morgan fingerprint density at radius 2 is 1.30 bits per heavy atom. The molecule has 5 aromatic carbocycles. The molecule has 0 bridgehead atoms. The molecular formula is C56H65BrN6O4. The molecular weight excluding hydrogens is 901 g/mol. The number of carbonyl (C=O) groups is 2. The monoisotopic (exact) mass is 964 g/mol. The Bertz CT molecular complexity index is 2520. The molecule has 5 aromatic rings. The van der Waals surface area contributed by atoms with Crippen LogP contribution < -0.4 is 20.3 Å². The number of carbonyl (C=O) groups excluding carboxylic acids is 2. The quantitative estimate of drug-likeness (QED) is 0.0364. The molecule has 1 saturated heterocycles. The molecule has 0 saturated carbocycles. The third-order valence-corrected chi connectivity index (χ3v) is 14.3. The summed E-state index contributed by atoms with van der Waals surface area (Å²) in [4.78, 5) is 33.9. The Hall–Kier alpha value is -5.96. The van der Waals surface area contributed by atoms with Crippen LogP contribution in [0.1, 0.15) is 122 Å². The van der Waals surface area contributed by atoms with Gasteiger partial charge in [0.2, 0.25) is 11.8 Å². The van der Waals surface area contributed by atoms with Crippen molar-refractivity contribution in [2.45, 2.75) is 115 Å². The fraction of sp³-hybridized carbons (Fsp3) is 0.393. The number of nitrogens with zero attached hydrogens (tertiary/aromatic N) is 4. The van der Waals surface area contributed by atoms with Gasteiger partial charge in [0, 0.05) is 58.6 Å². The maximum atomic E-state index is 13.8. The van der Waals surface area contributed by atoms with Gasteiger partial charge in [0.05, 0.1) is 23.5 Å². The first kappa shape index (κ1) is 49.0. The van der Waals surface area contributed by atoms with Crippen LogP contribution in [0.2, 0.25) is 0 Å². The van der Waals surface area contributed by atoms with Crippen molar-refractivity contribution in [3.63, 3.8) is 0 Å². The summed E-state index contributed by atoms with van der Waals surface area (Å²) in [5.41, 5.74) is 13.4. The van der Waals surface area contributed by atoms with E-state index in [1.54, 1.807) is 18.2 Å². The number of amidine groups is 1. The Kier molecular flexibility index (Phi) is 17.3. The number of rotatable bonds is 17. The van der Waals surface area contributed by atoms with Crippen LogP contribution in [0.25, 0.3) is 0 Å². The van der Waals surface area contributed by atoms with Gasteiger partial charge >= 0.3 is 0 Å². The van der Waals surface area contributed by atoms with E-state index in [0.29, 0.717) is 67.1 Å². The van der Waals surface area contributed by atoms with Crippen molar-refractivity contribution in [2.75, 3.05) is 34.8 Å². The van der Waals surface area contributed by atoms with E-state index in [9.17, 15) is 20.0 Å². The number of aromatic hydroxyl groups is 1. The number of ether oxygens (including phenoxy) is 1. The number of phenols is 1. The summed E-state index contributed by atoms with van der Waals surface area (Å²) in [6, 6.07) is 39.9. The maximum absolute atomic E-state index is 13.8. The number of hydrogen-bond donors (Lipinski definition) is 3. The van der Waals surface area contributed by atoms with Gasteiger partial charge in [-0.25, -0.2) is 0 Å². The first-order chi connectivity index (χ1) is 32.6. The van der Waals surface area contributed by atoms with Gasteiger partial charge in [0.15, 0.2) is 0 Å². The lowest BCUT2D eigenvalue weighted by molar-refractivity contribution is -0.121. The number of nitriles is 1. The molecule has 8 rings (SSSR count). The zero-order chi connectivity index (χ0) is 47.3. The van der Waals surface area contributed by atoms with Crippen LogP contribution in [0.15, 0.2) is 115 Å². The Balaban J connectivity index is 0.000000199. The molecule has 0 aromatic heterocycles. The van der Waals surface area contributed by atoms with Crippen molar-refractivity contribution in [3.05, 3.63) is 154 Å². The Morgan fingerprint density at radius 1 is 0.731 bits per heavy atom. The summed E-state index contributed by atoms with van der Waals surface area (Å²) >= 11 is 3.49. The van der Waals surface area contributed by atoms with Gasteiger partial charge in [-0.05, 0) is 137 Å². The highest BCUT2D eigenvalue weighted by Crippen LogP contribution is 2.41. The van der Waals surface area contributed by atoms with E-state index in [4.69, 9.17) is 15.9 Å². The van der Waals surface area contributed by atoms with E-state index in [1.165, 1.54) is 25.3 Å². The summed E-state index contributed by atoms with van der Waals surface area (Å²) in [6.45, 7) is 7.59. The van der Waals surface area contributed by atoms with Crippen molar-refractivity contribution in [1.82, 2.24) is 4.90 Å². The van der Waals surface area contributed by atoms with Gasteiger partial charge in [-0.3, -0.25) is 19.9 Å². The Labute approximate surface area is 405 Å².